The van der Waals surface area contributed by atoms with Gasteiger partial charge in [-0.15, -0.1) is 0 Å². The number of halogens is 3. The number of nitrogens with zero attached hydrogens (tertiary/aromatic N) is 2. The molecule has 0 aliphatic carbocycles. The Hall–Kier alpha value is -2.21. The lowest BCUT2D eigenvalue weighted by Crippen LogP contribution is -2.46. The van der Waals surface area contributed by atoms with Crippen LogP contribution in [0.1, 0.15) is 24.0 Å². The molecular formula is C21H25F3N2O. The third-order valence-corrected chi connectivity index (χ3v) is 5.06. The molecule has 3 nitrogen and oxygen atoms in total. The molecule has 1 fully saturated rings. The summed E-state index contributed by atoms with van der Waals surface area (Å²) in [7, 11) is 0. The van der Waals surface area contributed by atoms with Crippen LogP contribution in [0.2, 0.25) is 0 Å². The van der Waals surface area contributed by atoms with Crippen LogP contribution in [0.15, 0.2) is 48.5 Å². The summed E-state index contributed by atoms with van der Waals surface area (Å²) in [5, 5.41) is 9.37. The van der Waals surface area contributed by atoms with Crippen LogP contribution in [0.4, 0.5) is 18.9 Å². The first-order valence-electron chi connectivity index (χ1n) is 9.34. The second-order valence-electron chi connectivity index (χ2n) is 7.00. The second-order valence-corrected chi connectivity index (χ2v) is 7.00. The largest absolute Gasteiger partial charge is 0.508 e. The highest BCUT2D eigenvalue weighted by Crippen LogP contribution is 2.29. The monoisotopic (exact) mass is 378 g/mol. The maximum absolute atomic E-state index is 12.6. The minimum atomic E-state index is -4.26. The third kappa shape index (κ3) is 5.63. The van der Waals surface area contributed by atoms with Crippen molar-refractivity contribution in [2.75, 3.05) is 37.6 Å². The lowest BCUT2D eigenvalue weighted by atomic mass is 10.1. The highest BCUT2D eigenvalue weighted by atomic mass is 19.4. The Labute approximate surface area is 158 Å². The molecule has 1 heterocycles. The van der Waals surface area contributed by atoms with Crippen molar-refractivity contribution in [3.8, 4) is 5.75 Å². The first-order valence-corrected chi connectivity index (χ1v) is 9.34. The Morgan fingerprint density at radius 3 is 2.04 bits per heavy atom. The molecule has 27 heavy (non-hydrogen) atoms. The number of hydrogen-bond acceptors (Lipinski definition) is 3. The number of rotatable bonds is 6. The molecule has 0 atom stereocenters. The number of anilines is 1. The quantitative estimate of drug-likeness (QED) is 0.747. The van der Waals surface area contributed by atoms with Gasteiger partial charge in [0, 0.05) is 31.9 Å². The van der Waals surface area contributed by atoms with Crippen LogP contribution in [0, 0.1) is 0 Å². The first kappa shape index (κ1) is 19.5. The van der Waals surface area contributed by atoms with Gasteiger partial charge in [-0.1, -0.05) is 12.1 Å². The molecule has 0 saturated carbocycles. The van der Waals surface area contributed by atoms with Crippen molar-refractivity contribution in [3.05, 3.63) is 59.7 Å². The molecule has 146 valence electrons. The smallest absolute Gasteiger partial charge is 0.416 e. The molecule has 1 aliphatic rings. The second kappa shape index (κ2) is 8.65. The average molecular weight is 378 g/mol. The summed E-state index contributed by atoms with van der Waals surface area (Å²) in [5.41, 5.74) is 1.51. The average Bonchev–Trinajstić information content (AvgIpc) is 2.66. The van der Waals surface area contributed by atoms with Gasteiger partial charge in [-0.25, -0.2) is 0 Å². The van der Waals surface area contributed by atoms with Crippen LogP contribution in [0.3, 0.4) is 0 Å². The molecule has 1 aliphatic heterocycles. The summed E-state index contributed by atoms with van der Waals surface area (Å²) in [4.78, 5) is 4.75. The maximum atomic E-state index is 12.6. The predicted molar refractivity (Wildman–Crippen MR) is 101 cm³/mol. The Balaban J connectivity index is 1.35. The number of phenols is 1. The fourth-order valence-corrected chi connectivity index (χ4v) is 3.42. The van der Waals surface area contributed by atoms with E-state index < -0.39 is 11.7 Å². The van der Waals surface area contributed by atoms with Crippen LogP contribution < -0.4 is 4.90 Å². The highest BCUT2D eigenvalue weighted by Gasteiger charge is 2.29. The Bertz CT molecular complexity index is 706. The Kier molecular flexibility index (Phi) is 6.26. The molecule has 6 heteroatoms. The van der Waals surface area contributed by atoms with Gasteiger partial charge in [0.2, 0.25) is 0 Å². The molecule has 0 unspecified atom stereocenters. The van der Waals surface area contributed by atoms with Crippen LogP contribution in [0.5, 0.6) is 5.75 Å². The van der Waals surface area contributed by atoms with E-state index in [0.717, 1.165) is 75.4 Å². The molecule has 1 saturated heterocycles. The van der Waals surface area contributed by atoms with E-state index in [4.69, 9.17) is 0 Å². The fraction of sp³-hybridized carbons (Fsp3) is 0.429. The molecule has 0 amide bonds. The minimum absolute atomic E-state index is 0.283. The molecule has 0 aromatic heterocycles. The number of benzene rings is 2. The van der Waals surface area contributed by atoms with Crippen molar-refractivity contribution >= 4 is 5.69 Å². The van der Waals surface area contributed by atoms with E-state index >= 15 is 0 Å². The summed E-state index contributed by atoms with van der Waals surface area (Å²) in [6, 6.07) is 12.8. The molecule has 3 rings (SSSR count). The van der Waals surface area contributed by atoms with E-state index in [2.05, 4.69) is 9.80 Å². The van der Waals surface area contributed by atoms with Crippen LogP contribution in [0.25, 0.3) is 0 Å². The van der Waals surface area contributed by atoms with Gasteiger partial charge in [0.05, 0.1) is 5.56 Å². The van der Waals surface area contributed by atoms with E-state index in [-0.39, 0.29) is 5.75 Å². The predicted octanol–water partition coefficient (Wildman–Crippen LogP) is 4.56. The van der Waals surface area contributed by atoms with Gasteiger partial charge in [0.15, 0.2) is 0 Å². The van der Waals surface area contributed by atoms with Crippen LogP contribution in [-0.2, 0) is 12.6 Å². The van der Waals surface area contributed by atoms with E-state index in [1.54, 1.807) is 24.3 Å². The molecule has 2 aromatic carbocycles. The van der Waals surface area contributed by atoms with Crippen molar-refractivity contribution in [2.24, 2.45) is 0 Å². The van der Waals surface area contributed by atoms with Crippen LogP contribution >= 0.6 is 0 Å². The first-order chi connectivity index (χ1) is 12.9. The van der Waals surface area contributed by atoms with Gasteiger partial charge in [-0.05, 0) is 67.8 Å². The van der Waals surface area contributed by atoms with Crippen molar-refractivity contribution in [2.45, 2.75) is 25.4 Å². The fourth-order valence-electron chi connectivity index (χ4n) is 3.42. The van der Waals surface area contributed by atoms with Crippen LogP contribution in [-0.4, -0.2) is 42.7 Å². The Morgan fingerprint density at radius 1 is 0.815 bits per heavy atom. The lowest BCUT2D eigenvalue weighted by Gasteiger charge is -2.36. The number of phenolic OH excluding ortho intramolecular Hbond substituents is 1. The van der Waals surface area contributed by atoms with Gasteiger partial charge in [-0.2, -0.15) is 13.2 Å². The number of piperazine rings is 1. The van der Waals surface area contributed by atoms with Gasteiger partial charge >= 0.3 is 6.18 Å². The number of unbranched alkanes of at least 4 members (excludes halogenated alkanes) is 1. The van der Waals surface area contributed by atoms with E-state index in [1.807, 2.05) is 12.1 Å². The summed E-state index contributed by atoms with van der Waals surface area (Å²) in [5.74, 6) is 0.283. The van der Waals surface area contributed by atoms with E-state index in [1.165, 1.54) is 0 Å². The number of aryl methyl sites for hydroxylation is 1. The summed E-state index contributed by atoms with van der Waals surface area (Å²) >= 11 is 0. The molecular weight excluding hydrogens is 353 g/mol. The van der Waals surface area contributed by atoms with Gasteiger partial charge in [0.25, 0.3) is 0 Å². The molecule has 0 bridgehead atoms. The van der Waals surface area contributed by atoms with E-state index in [0.29, 0.717) is 0 Å². The van der Waals surface area contributed by atoms with Gasteiger partial charge < -0.3 is 10.0 Å². The topological polar surface area (TPSA) is 26.7 Å². The van der Waals surface area contributed by atoms with Crippen molar-refractivity contribution in [3.63, 3.8) is 0 Å². The number of aromatic hydroxyl groups is 1. The van der Waals surface area contributed by atoms with Gasteiger partial charge in [-0.3, -0.25) is 4.90 Å². The van der Waals surface area contributed by atoms with Gasteiger partial charge in [0.1, 0.15) is 5.75 Å². The zero-order valence-electron chi connectivity index (χ0n) is 15.3. The standard InChI is InChI=1S/C21H25F3N2O/c22-21(23,24)18-6-4-17(5-7-18)3-1-2-12-25-13-15-26(16-14-25)19-8-10-20(27)11-9-19/h4-11,27H,1-3,12-16H2. The van der Waals surface area contributed by atoms with E-state index in [9.17, 15) is 18.3 Å². The van der Waals surface area contributed by atoms with Crippen molar-refractivity contribution < 1.29 is 18.3 Å². The zero-order chi connectivity index (χ0) is 19.3. The highest BCUT2D eigenvalue weighted by molar-refractivity contribution is 5.49. The number of alkyl halides is 3. The maximum Gasteiger partial charge on any atom is 0.416 e. The minimum Gasteiger partial charge on any atom is -0.508 e. The molecule has 0 spiro atoms. The SMILES string of the molecule is Oc1ccc(N2CCN(CCCCc3ccc(C(F)(F)F)cc3)CC2)cc1. The summed E-state index contributed by atoms with van der Waals surface area (Å²) in [6.07, 6.45) is -1.43. The Morgan fingerprint density at radius 2 is 1.44 bits per heavy atom. The third-order valence-electron chi connectivity index (χ3n) is 5.06. The molecule has 0 radical (unpaired) electrons. The van der Waals surface area contributed by atoms with Crippen molar-refractivity contribution in [1.82, 2.24) is 4.90 Å². The number of hydrogen-bond donors (Lipinski definition) is 1. The normalized spacial score (nSPS) is 15.9. The molecule has 2 aromatic rings. The molecule has 1 N–H and O–H groups in total. The van der Waals surface area contributed by atoms with Crippen molar-refractivity contribution in [1.29, 1.82) is 0 Å². The summed E-state index contributed by atoms with van der Waals surface area (Å²) < 4.78 is 37.7. The lowest BCUT2D eigenvalue weighted by molar-refractivity contribution is -0.137. The zero-order valence-corrected chi connectivity index (χ0v) is 15.3. The summed E-state index contributed by atoms with van der Waals surface area (Å²) in [6.45, 7) is 4.94.